The van der Waals surface area contributed by atoms with E-state index in [9.17, 15) is 4.79 Å². The predicted molar refractivity (Wildman–Crippen MR) is 79.8 cm³/mol. The first-order valence-corrected chi connectivity index (χ1v) is 6.83. The SMILES string of the molecule is CC=N/C(=C\C)Cn1c(C)nc(CCCC)cc1=O. The largest absolute Gasteiger partial charge is 0.291 e. The van der Waals surface area contributed by atoms with Gasteiger partial charge in [-0.25, -0.2) is 4.98 Å². The van der Waals surface area contributed by atoms with Crippen molar-refractivity contribution >= 4 is 6.21 Å². The zero-order chi connectivity index (χ0) is 14.3. The monoisotopic (exact) mass is 261 g/mol. The van der Waals surface area contributed by atoms with Crippen LogP contribution in [-0.4, -0.2) is 15.8 Å². The first-order valence-electron chi connectivity index (χ1n) is 6.83. The van der Waals surface area contributed by atoms with Gasteiger partial charge in [0.25, 0.3) is 5.56 Å². The van der Waals surface area contributed by atoms with Crippen LogP contribution in [0, 0.1) is 6.92 Å². The van der Waals surface area contributed by atoms with E-state index in [0.29, 0.717) is 6.54 Å². The van der Waals surface area contributed by atoms with Crippen LogP contribution in [-0.2, 0) is 13.0 Å². The van der Waals surface area contributed by atoms with E-state index in [1.54, 1.807) is 16.8 Å². The van der Waals surface area contributed by atoms with Crippen molar-refractivity contribution in [2.45, 2.75) is 53.5 Å². The molecule has 1 rings (SSSR count). The van der Waals surface area contributed by atoms with Gasteiger partial charge in [0, 0.05) is 18.0 Å². The average Bonchev–Trinajstić information content (AvgIpc) is 2.39. The van der Waals surface area contributed by atoms with Crippen molar-refractivity contribution in [3.05, 3.63) is 39.7 Å². The summed E-state index contributed by atoms with van der Waals surface area (Å²) in [5.41, 5.74) is 1.77. The molecular weight excluding hydrogens is 238 g/mol. The standard InChI is InChI=1S/C15H23N3O/c1-5-8-9-14-10-15(19)18(12(4)17-14)11-13(6-2)16-7-3/h6-7,10H,5,8-9,11H2,1-4H3/b13-6-,16-7?. The van der Waals surface area contributed by atoms with Crippen molar-refractivity contribution in [1.82, 2.24) is 9.55 Å². The van der Waals surface area contributed by atoms with Crippen molar-refractivity contribution in [3.63, 3.8) is 0 Å². The number of hydrogen-bond acceptors (Lipinski definition) is 3. The second-order valence-corrected chi connectivity index (χ2v) is 4.49. The Morgan fingerprint density at radius 1 is 1.47 bits per heavy atom. The minimum atomic E-state index is 0.00394. The van der Waals surface area contributed by atoms with E-state index in [1.165, 1.54) is 0 Å². The molecule has 0 spiro atoms. The van der Waals surface area contributed by atoms with E-state index in [4.69, 9.17) is 0 Å². The van der Waals surface area contributed by atoms with Crippen LogP contribution in [0.1, 0.15) is 45.1 Å². The van der Waals surface area contributed by atoms with Gasteiger partial charge in [-0.3, -0.25) is 14.4 Å². The number of hydrogen-bond donors (Lipinski definition) is 0. The highest BCUT2D eigenvalue weighted by molar-refractivity contribution is 5.55. The Kier molecular flexibility index (Phi) is 6.19. The quantitative estimate of drug-likeness (QED) is 0.739. The zero-order valence-electron chi connectivity index (χ0n) is 12.3. The molecule has 0 fully saturated rings. The Morgan fingerprint density at radius 3 is 2.74 bits per heavy atom. The molecule has 4 nitrogen and oxygen atoms in total. The van der Waals surface area contributed by atoms with Gasteiger partial charge in [0.05, 0.1) is 12.2 Å². The van der Waals surface area contributed by atoms with E-state index >= 15 is 0 Å². The normalized spacial score (nSPS) is 12.3. The van der Waals surface area contributed by atoms with Crippen LogP contribution in [0.5, 0.6) is 0 Å². The number of nitrogens with zero attached hydrogens (tertiary/aromatic N) is 3. The molecule has 104 valence electrons. The third kappa shape index (κ3) is 4.47. The van der Waals surface area contributed by atoms with Crippen molar-refractivity contribution < 1.29 is 0 Å². The molecule has 0 aliphatic heterocycles. The molecule has 0 aliphatic rings. The Bertz CT molecular complexity index is 527. The molecule has 0 unspecified atom stereocenters. The molecular formula is C15H23N3O. The van der Waals surface area contributed by atoms with Crippen molar-refractivity contribution in [2.75, 3.05) is 0 Å². The average molecular weight is 261 g/mol. The topological polar surface area (TPSA) is 47.2 Å². The maximum Gasteiger partial charge on any atom is 0.254 e. The van der Waals surface area contributed by atoms with Gasteiger partial charge in [0.1, 0.15) is 5.82 Å². The lowest BCUT2D eigenvalue weighted by Crippen LogP contribution is -2.24. The van der Waals surface area contributed by atoms with E-state index < -0.39 is 0 Å². The highest BCUT2D eigenvalue weighted by Gasteiger charge is 2.06. The van der Waals surface area contributed by atoms with Crippen molar-refractivity contribution in [1.29, 1.82) is 0 Å². The van der Waals surface area contributed by atoms with Crippen molar-refractivity contribution in [3.8, 4) is 0 Å². The summed E-state index contributed by atoms with van der Waals surface area (Å²) in [4.78, 5) is 20.9. The van der Waals surface area contributed by atoms with Crippen LogP contribution in [0.15, 0.2) is 27.6 Å². The number of unbranched alkanes of at least 4 members (excludes halogenated alkanes) is 1. The molecule has 1 aromatic heterocycles. The highest BCUT2D eigenvalue weighted by atomic mass is 16.1. The Hall–Kier alpha value is -1.71. The number of rotatable bonds is 6. The molecule has 1 aromatic rings. The van der Waals surface area contributed by atoms with Gasteiger partial charge in [-0.05, 0) is 33.6 Å². The predicted octanol–water partition coefficient (Wildman–Crippen LogP) is 2.89. The van der Waals surface area contributed by atoms with Crippen LogP contribution in [0.3, 0.4) is 0 Å². The van der Waals surface area contributed by atoms with Crippen LogP contribution >= 0.6 is 0 Å². The van der Waals surface area contributed by atoms with E-state index in [2.05, 4.69) is 16.9 Å². The fourth-order valence-electron chi connectivity index (χ4n) is 1.89. The summed E-state index contributed by atoms with van der Waals surface area (Å²) >= 11 is 0. The van der Waals surface area contributed by atoms with E-state index in [0.717, 1.165) is 36.5 Å². The lowest BCUT2D eigenvalue weighted by atomic mass is 10.2. The van der Waals surface area contributed by atoms with Gasteiger partial charge in [-0.15, -0.1) is 0 Å². The Labute approximate surface area is 114 Å². The lowest BCUT2D eigenvalue weighted by molar-refractivity contribution is 0.666. The summed E-state index contributed by atoms with van der Waals surface area (Å²) in [6.07, 6.45) is 6.69. The van der Waals surface area contributed by atoms with Gasteiger partial charge < -0.3 is 0 Å². The van der Waals surface area contributed by atoms with Gasteiger partial charge in [-0.2, -0.15) is 0 Å². The number of allylic oxidation sites excluding steroid dienone is 2. The van der Waals surface area contributed by atoms with Gasteiger partial charge in [0.15, 0.2) is 0 Å². The third-order valence-corrected chi connectivity index (χ3v) is 2.99. The molecule has 19 heavy (non-hydrogen) atoms. The Balaban J connectivity index is 3.00. The molecule has 0 saturated heterocycles. The molecule has 0 N–H and O–H groups in total. The van der Waals surface area contributed by atoms with E-state index in [1.807, 2.05) is 26.8 Å². The number of aliphatic imine (C=N–C) groups is 1. The maximum absolute atomic E-state index is 12.1. The Morgan fingerprint density at radius 2 is 2.21 bits per heavy atom. The summed E-state index contributed by atoms with van der Waals surface area (Å²) in [5, 5.41) is 0. The minimum Gasteiger partial charge on any atom is -0.291 e. The summed E-state index contributed by atoms with van der Waals surface area (Å²) in [5.74, 6) is 0.754. The molecule has 0 radical (unpaired) electrons. The van der Waals surface area contributed by atoms with Gasteiger partial charge in [-0.1, -0.05) is 19.4 Å². The van der Waals surface area contributed by atoms with Gasteiger partial charge in [0.2, 0.25) is 0 Å². The highest BCUT2D eigenvalue weighted by Crippen LogP contribution is 2.04. The summed E-state index contributed by atoms with van der Waals surface area (Å²) in [7, 11) is 0. The number of aryl methyl sites for hydroxylation is 2. The third-order valence-electron chi connectivity index (χ3n) is 2.99. The molecule has 0 atom stereocenters. The fourth-order valence-corrected chi connectivity index (χ4v) is 1.89. The second-order valence-electron chi connectivity index (χ2n) is 4.49. The number of aromatic nitrogens is 2. The summed E-state index contributed by atoms with van der Waals surface area (Å²) in [6, 6.07) is 1.64. The maximum atomic E-state index is 12.1. The van der Waals surface area contributed by atoms with E-state index in [-0.39, 0.29) is 5.56 Å². The molecule has 4 heteroatoms. The summed E-state index contributed by atoms with van der Waals surface area (Å²) < 4.78 is 1.66. The van der Waals surface area contributed by atoms with Crippen molar-refractivity contribution in [2.24, 2.45) is 4.99 Å². The fraction of sp³-hybridized carbons (Fsp3) is 0.533. The first kappa shape index (κ1) is 15.3. The molecule has 0 aliphatic carbocycles. The molecule has 0 aromatic carbocycles. The second kappa shape index (κ2) is 7.67. The smallest absolute Gasteiger partial charge is 0.254 e. The lowest BCUT2D eigenvalue weighted by Gasteiger charge is -2.10. The molecule has 0 amide bonds. The van der Waals surface area contributed by atoms with Crippen LogP contribution in [0.4, 0.5) is 0 Å². The molecule has 0 bridgehead atoms. The first-order chi connectivity index (χ1) is 9.12. The summed E-state index contributed by atoms with van der Waals surface area (Å²) in [6.45, 7) is 8.28. The van der Waals surface area contributed by atoms with Crippen LogP contribution < -0.4 is 5.56 Å². The molecule has 0 saturated carbocycles. The van der Waals surface area contributed by atoms with Crippen LogP contribution in [0.25, 0.3) is 0 Å². The minimum absolute atomic E-state index is 0.00394. The zero-order valence-corrected chi connectivity index (χ0v) is 12.3. The van der Waals surface area contributed by atoms with Gasteiger partial charge >= 0.3 is 0 Å². The molecule has 1 heterocycles. The van der Waals surface area contributed by atoms with Crippen LogP contribution in [0.2, 0.25) is 0 Å².